The lowest BCUT2D eigenvalue weighted by atomic mass is 9.93. The van der Waals surface area contributed by atoms with Gasteiger partial charge in [-0.05, 0) is 18.1 Å². The van der Waals surface area contributed by atoms with Crippen molar-refractivity contribution < 1.29 is 19.4 Å². The zero-order valence-electron chi connectivity index (χ0n) is 20.2. The molecule has 3 heterocycles. The first-order chi connectivity index (χ1) is 14.6. The normalized spacial score (nSPS) is 26.9. The predicted octanol–water partition coefficient (Wildman–Crippen LogP) is 2.30. The molecule has 3 rings (SSSR count). The summed E-state index contributed by atoms with van der Waals surface area (Å²) in [6.45, 7) is 16.5. The van der Waals surface area contributed by atoms with Crippen LogP contribution in [0.2, 0.25) is 37.8 Å². The van der Waals surface area contributed by atoms with Gasteiger partial charge in [0.25, 0.3) is 0 Å². The number of nitrogens with zero attached hydrogens (tertiary/aromatic N) is 4. The molecule has 1 aliphatic rings. The van der Waals surface area contributed by atoms with Gasteiger partial charge in [-0.25, -0.2) is 15.0 Å². The standard InChI is InChI=1S/C21H35N5O4Si2/c1-20(2,3)32(7,8)30-16-19(26-13-25-15-17(22)23-12-24-18(15)26)29-14(11-27)21(16,28)9-10-31(4,5)6/h12-14,16,19,27-28H,11H2,1-8H3,(H2,22,23,24)/t14-,16+,19-,21+/m1/s1. The van der Waals surface area contributed by atoms with Gasteiger partial charge in [-0.2, -0.15) is 0 Å². The van der Waals surface area contributed by atoms with E-state index >= 15 is 0 Å². The summed E-state index contributed by atoms with van der Waals surface area (Å²) in [5.41, 5.74) is 8.41. The quantitative estimate of drug-likeness (QED) is 0.452. The summed E-state index contributed by atoms with van der Waals surface area (Å²) in [5.74, 6) is 3.31. The SMILES string of the molecule is CC(C)(C)[Si](C)(C)O[C@H]1[C@H](n2cnc3c(N)ncnc32)O[C@H](CO)[C@@]1(O)C#C[Si](C)(C)C. The summed E-state index contributed by atoms with van der Waals surface area (Å²) < 4.78 is 14.6. The molecule has 0 saturated carbocycles. The molecule has 0 aliphatic carbocycles. The third-order valence-corrected chi connectivity index (χ3v) is 11.5. The maximum absolute atomic E-state index is 11.9. The van der Waals surface area contributed by atoms with Crippen molar-refractivity contribution in [3.05, 3.63) is 12.7 Å². The molecular formula is C21H35N5O4Si2. The van der Waals surface area contributed by atoms with E-state index < -0.39 is 47.0 Å². The van der Waals surface area contributed by atoms with E-state index in [1.165, 1.54) is 6.33 Å². The average Bonchev–Trinajstić information content (AvgIpc) is 3.20. The zero-order chi connectivity index (χ0) is 24.1. The van der Waals surface area contributed by atoms with Crippen LogP contribution in [0.15, 0.2) is 12.7 Å². The summed E-state index contributed by atoms with van der Waals surface area (Å²) in [5, 5.41) is 21.9. The largest absolute Gasteiger partial charge is 0.405 e. The van der Waals surface area contributed by atoms with Gasteiger partial charge in [0.2, 0.25) is 0 Å². The second-order valence-electron chi connectivity index (χ2n) is 10.9. The van der Waals surface area contributed by atoms with E-state index in [2.05, 4.69) is 79.9 Å². The van der Waals surface area contributed by atoms with E-state index in [1.54, 1.807) is 10.9 Å². The number of aromatic nitrogens is 4. The van der Waals surface area contributed by atoms with E-state index in [0.29, 0.717) is 11.2 Å². The van der Waals surface area contributed by atoms with Gasteiger partial charge in [-0.15, -0.1) is 5.54 Å². The summed E-state index contributed by atoms with van der Waals surface area (Å²) in [7, 11) is -4.22. The van der Waals surface area contributed by atoms with Crippen LogP contribution in [0.1, 0.15) is 27.0 Å². The van der Waals surface area contributed by atoms with Gasteiger partial charge in [0.15, 0.2) is 31.6 Å². The van der Waals surface area contributed by atoms with Crippen LogP contribution >= 0.6 is 0 Å². The Hall–Kier alpha value is -1.82. The number of hydrogen-bond donors (Lipinski definition) is 3. The maximum Gasteiger partial charge on any atom is 0.192 e. The first kappa shape index (κ1) is 24.8. The highest BCUT2D eigenvalue weighted by Gasteiger charge is 2.59. The van der Waals surface area contributed by atoms with Gasteiger partial charge in [-0.1, -0.05) is 46.3 Å². The minimum absolute atomic E-state index is 0.119. The molecule has 2 aromatic rings. The third kappa shape index (κ3) is 4.48. The van der Waals surface area contributed by atoms with Crippen molar-refractivity contribution in [2.75, 3.05) is 12.3 Å². The van der Waals surface area contributed by atoms with Crippen molar-refractivity contribution in [1.29, 1.82) is 0 Å². The number of aliphatic hydroxyl groups is 2. The molecule has 0 unspecified atom stereocenters. The minimum Gasteiger partial charge on any atom is -0.405 e. The van der Waals surface area contributed by atoms with Crippen LogP contribution in [-0.4, -0.2) is 70.5 Å². The number of ether oxygens (including phenoxy) is 1. The number of nitrogen functional groups attached to an aromatic ring is 1. The second-order valence-corrected chi connectivity index (χ2v) is 20.4. The fourth-order valence-corrected chi connectivity index (χ4v) is 5.14. The summed E-state index contributed by atoms with van der Waals surface area (Å²) >= 11 is 0. The number of imidazole rings is 1. The van der Waals surface area contributed by atoms with Gasteiger partial charge in [0, 0.05) is 0 Å². The molecule has 4 N–H and O–H groups in total. The minimum atomic E-state index is -2.38. The van der Waals surface area contributed by atoms with Crippen molar-refractivity contribution in [3.8, 4) is 11.5 Å². The molecule has 9 nitrogen and oxygen atoms in total. The first-order valence-electron chi connectivity index (χ1n) is 10.7. The molecule has 176 valence electrons. The van der Waals surface area contributed by atoms with Gasteiger partial charge in [0.1, 0.15) is 32.1 Å². The highest BCUT2D eigenvalue weighted by atomic mass is 28.4. The van der Waals surface area contributed by atoms with Crippen LogP contribution in [0.3, 0.4) is 0 Å². The lowest BCUT2D eigenvalue weighted by Crippen LogP contribution is -2.55. The summed E-state index contributed by atoms with van der Waals surface area (Å²) in [4.78, 5) is 12.7. The monoisotopic (exact) mass is 477 g/mol. The number of anilines is 1. The molecular weight excluding hydrogens is 442 g/mol. The molecule has 1 fully saturated rings. The van der Waals surface area contributed by atoms with Crippen LogP contribution in [0.25, 0.3) is 11.2 Å². The van der Waals surface area contributed by atoms with Crippen molar-refractivity contribution in [3.63, 3.8) is 0 Å². The van der Waals surface area contributed by atoms with Crippen LogP contribution in [0, 0.1) is 11.5 Å². The molecule has 32 heavy (non-hydrogen) atoms. The first-order valence-corrected chi connectivity index (χ1v) is 17.2. The van der Waals surface area contributed by atoms with Crippen molar-refractivity contribution in [2.24, 2.45) is 0 Å². The highest BCUT2D eigenvalue weighted by molar-refractivity contribution is 6.83. The third-order valence-electron chi connectivity index (χ3n) is 6.18. The number of nitrogens with two attached hydrogens (primary N) is 1. The fraction of sp³-hybridized carbons (Fsp3) is 0.667. The average molecular weight is 478 g/mol. The van der Waals surface area contributed by atoms with E-state index in [0.717, 1.165) is 0 Å². The van der Waals surface area contributed by atoms with Crippen LogP contribution < -0.4 is 5.73 Å². The number of aliphatic hydroxyl groups excluding tert-OH is 1. The highest BCUT2D eigenvalue weighted by Crippen LogP contribution is 2.45. The molecule has 0 bridgehead atoms. The van der Waals surface area contributed by atoms with Crippen molar-refractivity contribution >= 4 is 33.4 Å². The Morgan fingerprint density at radius 2 is 1.88 bits per heavy atom. The number of rotatable bonds is 4. The molecule has 0 amide bonds. The zero-order valence-corrected chi connectivity index (χ0v) is 22.2. The fourth-order valence-electron chi connectivity index (χ4n) is 3.28. The molecule has 0 spiro atoms. The van der Waals surface area contributed by atoms with E-state index in [1.807, 2.05) is 0 Å². The molecule has 2 aromatic heterocycles. The Balaban J connectivity index is 2.18. The number of hydrogen-bond acceptors (Lipinski definition) is 8. The molecule has 1 aliphatic heterocycles. The molecule has 0 aromatic carbocycles. The van der Waals surface area contributed by atoms with Gasteiger partial charge in [0.05, 0.1) is 12.9 Å². The Morgan fingerprint density at radius 3 is 2.44 bits per heavy atom. The molecule has 11 heteroatoms. The van der Waals surface area contributed by atoms with Gasteiger partial charge < -0.3 is 25.1 Å². The summed E-state index contributed by atoms with van der Waals surface area (Å²) in [6, 6.07) is 0. The van der Waals surface area contributed by atoms with Gasteiger partial charge in [-0.3, -0.25) is 4.57 Å². The molecule has 1 saturated heterocycles. The second kappa shape index (κ2) is 8.20. The Morgan fingerprint density at radius 1 is 1.22 bits per heavy atom. The van der Waals surface area contributed by atoms with E-state index in [9.17, 15) is 10.2 Å². The smallest absolute Gasteiger partial charge is 0.192 e. The Kier molecular flexibility index (Phi) is 6.36. The van der Waals surface area contributed by atoms with E-state index in [-0.39, 0.29) is 10.9 Å². The Labute approximate surface area is 191 Å². The van der Waals surface area contributed by atoms with Crippen molar-refractivity contribution in [1.82, 2.24) is 19.5 Å². The number of fused-ring (bicyclic) bond motifs is 1. The lowest BCUT2D eigenvalue weighted by molar-refractivity contribution is -0.0605. The van der Waals surface area contributed by atoms with E-state index in [4.69, 9.17) is 14.9 Å². The molecule has 4 atom stereocenters. The van der Waals surface area contributed by atoms with Crippen LogP contribution in [-0.2, 0) is 9.16 Å². The predicted molar refractivity (Wildman–Crippen MR) is 129 cm³/mol. The maximum atomic E-state index is 11.9. The lowest BCUT2D eigenvalue weighted by Gasteiger charge is -2.42. The molecule has 0 radical (unpaired) electrons. The van der Waals surface area contributed by atoms with Crippen LogP contribution in [0.5, 0.6) is 0 Å². The van der Waals surface area contributed by atoms with Crippen LogP contribution in [0.4, 0.5) is 5.82 Å². The topological polar surface area (TPSA) is 129 Å². The Bertz CT molecular complexity index is 1050. The van der Waals surface area contributed by atoms with Crippen molar-refractivity contribution in [2.45, 2.75) is 82.6 Å². The summed E-state index contributed by atoms with van der Waals surface area (Å²) in [6.07, 6.45) is 0.284. The van der Waals surface area contributed by atoms with Gasteiger partial charge >= 0.3 is 0 Å².